The molecule has 1 fully saturated rings. The minimum absolute atomic E-state index is 0.231. The average molecular weight is 145 g/mol. The highest BCUT2D eigenvalue weighted by atomic mass is 16.5. The summed E-state index contributed by atoms with van der Waals surface area (Å²) in [6, 6.07) is 0. The van der Waals surface area contributed by atoms with E-state index in [9.17, 15) is 0 Å². The molecule has 2 N–H and O–H groups in total. The van der Waals surface area contributed by atoms with Crippen LogP contribution in [-0.2, 0) is 4.74 Å². The molecule has 3 nitrogen and oxygen atoms in total. The molecule has 0 aromatic rings. The second-order valence-electron chi connectivity index (χ2n) is 2.59. The summed E-state index contributed by atoms with van der Waals surface area (Å²) in [6.07, 6.45) is 0.231. The second-order valence-corrected chi connectivity index (χ2v) is 2.59. The standard InChI is InChI=1S/C7H15NO2/c1-2-10-7-4-8-3-6(7)5-9/h6-9H,2-5H2,1H3/t6-,7+/m1/s1. The molecular formula is C7H15NO2. The van der Waals surface area contributed by atoms with Crippen molar-refractivity contribution in [1.29, 1.82) is 0 Å². The number of aliphatic hydroxyl groups is 1. The van der Waals surface area contributed by atoms with Gasteiger partial charge >= 0.3 is 0 Å². The van der Waals surface area contributed by atoms with E-state index in [0.29, 0.717) is 5.92 Å². The van der Waals surface area contributed by atoms with Crippen LogP contribution in [0.15, 0.2) is 0 Å². The SMILES string of the molecule is CCO[C@H]1CNC[C@@H]1CO. The molecule has 0 bridgehead atoms. The first-order valence-corrected chi connectivity index (χ1v) is 3.81. The molecule has 1 heterocycles. The van der Waals surface area contributed by atoms with Gasteiger partial charge in [0.25, 0.3) is 0 Å². The first kappa shape index (κ1) is 7.98. The third-order valence-electron chi connectivity index (χ3n) is 1.89. The molecule has 0 radical (unpaired) electrons. The van der Waals surface area contributed by atoms with Crippen LogP contribution in [0, 0.1) is 5.92 Å². The van der Waals surface area contributed by atoms with E-state index >= 15 is 0 Å². The normalized spacial score (nSPS) is 33.0. The van der Waals surface area contributed by atoms with Crippen LogP contribution in [0.2, 0.25) is 0 Å². The van der Waals surface area contributed by atoms with Crippen molar-refractivity contribution in [3.05, 3.63) is 0 Å². The Kier molecular flexibility index (Phi) is 3.12. The van der Waals surface area contributed by atoms with Gasteiger partial charge in [-0.3, -0.25) is 0 Å². The molecule has 10 heavy (non-hydrogen) atoms. The van der Waals surface area contributed by atoms with Gasteiger partial charge in [-0.05, 0) is 6.92 Å². The maximum Gasteiger partial charge on any atom is 0.0761 e. The third-order valence-corrected chi connectivity index (χ3v) is 1.89. The Hall–Kier alpha value is -0.120. The van der Waals surface area contributed by atoms with Gasteiger partial charge in [-0.2, -0.15) is 0 Å². The Labute approximate surface area is 61.4 Å². The summed E-state index contributed by atoms with van der Waals surface area (Å²) in [5, 5.41) is 12.0. The topological polar surface area (TPSA) is 41.5 Å². The number of ether oxygens (including phenoxy) is 1. The molecule has 0 unspecified atom stereocenters. The van der Waals surface area contributed by atoms with Crippen molar-refractivity contribution in [2.45, 2.75) is 13.0 Å². The molecule has 60 valence electrons. The minimum atomic E-state index is 0.231. The molecule has 2 atom stereocenters. The summed E-state index contributed by atoms with van der Waals surface area (Å²) in [5.74, 6) is 0.306. The van der Waals surface area contributed by atoms with E-state index in [0.717, 1.165) is 19.7 Å². The number of aliphatic hydroxyl groups excluding tert-OH is 1. The van der Waals surface area contributed by atoms with E-state index in [4.69, 9.17) is 9.84 Å². The molecule has 0 spiro atoms. The van der Waals surface area contributed by atoms with Gasteiger partial charge < -0.3 is 15.2 Å². The highest BCUT2D eigenvalue weighted by Gasteiger charge is 2.26. The quantitative estimate of drug-likeness (QED) is 0.568. The van der Waals surface area contributed by atoms with Crippen LogP contribution < -0.4 is 5.32 Å². The summed E-state index contributed by atoms with van der Waals surface area (Å²) in [4.78, 5) is 0. The van der Waals surface area contributed by atoms with Crippen molar-refractivity contribution in [3.8, 4) is 0 Å². The monoisotopic (exact) mass is 145 g/mol. The predicted octanol–water partition coefficient (Wildman–Crippen LogP) is -0.397. The van der Waals surface area contributed by atoms with Crippen LogP contribution >= 0.6 is 0 Å². The van der Waals surface area contributed by atoms with Gasteiger partial charge in [0.05, 0.1) is 6.10 Å². The van der Waals surface area contributed by atoms with Crippen molar-refractivity contribution in [3.63, 3.8) is 0 Å². The van der Waals surface area contributed by atoms with Crippen molar-refractivity contribution >= 4 is 0 Å². The summed E-state index contributed by atoms with van der Waals surface area (Å²) in [7, 11) is 0. The van der Waals surface area contributed by atoms with Gasteiger partial charge in [0.15, 0.2) is 0 Å². The first-order valence-electron chi connectivity index (χ1n) is 3.81. The zero-order valence-electron chi connectivity index (χ0n) is 6.34. The summed E-state index contributed by atoms with van der Waals surface area (Å²) >= 11 is 0. The Morgan fingerprint density at radius 2 is 2.40 bits per heavy atom. The van der Waals surface area contributed by atoms with Gasteiger partial charge in [-0.25, -0.2) is 0 Å². The van der Waals surface area contributed by atoms with Crippen LogP contribution in [0.25, 0.3) is 0 Å². The van der Waals surface area contributed by atoms with Gasteiger partial charge in [0, 0.05) is 32.2 Å². The fourth-order valence-electron chi connectivity index (χ4n) is 1.30. The number of nitrogens with one attached hydrogen (secondary N) is 1. The number of rotatable bonds is 3. The Bertz CT molecular complexity index is 97.6. The van der Waals surface area contributed by atoms with E-state index in [2.05, 4.69) is 5.32 Å². The van der Waals surface area contributed by atoms with Crippen molar-refractivity contribution in [1.82, 2.24) is 5.32 Å². The lowest BCUT2D eigenvalue weighted by atomic mass is 10.1. The molecule has 1 aliphatic heterocycles. The van der Waals surface area contributed by atoms with Crippen LogP contribution in [0.3, 0.4) is 0 Å². The molecule has 0 aromatic carbocycles. The maximum atomic E-state index is 8.84. The predicted molar refractivity (Wildman–Crippen MR) is 38.9 cm³/mol. The van der Waals surface area contributed by atoms with E-state index in [1.54, 1.807) is 0 Å². The zero-order valence-corrected chi connectivity index (χ0v) is 6.34. The van der Waals surface area contributed by atoms with Crippen molar-refractivity contribution in [2.24, 2.45) is 5.92 Å². The largest absolute Gasteiger partial charge is 0.396 e. The molecule has 0 amide bonds. The first-order chi connectivity index (χ1) is 4.88. The fourth-order valence-corrected chi connectivity index (χ4v) is 1.30. The highest BCUT2D eigenvalue weighted by Crippen LogP contribution is 2.11. The summed E-state index contributed by atoms with van der Waals surface area (Å²) in [6.45, 7) is 4.73. The molecule has 0 aromatic heterocycles. The van der Waals surface area contributed by atoms with Crippen LogP contribution in [-0.4, -0.2) is 37.5 Å². The molecule has 0 aliphatic carbocycles. The molecule has 0 saturated carbocycles. The van der Waals surface area contributed by atoms with E-state index in [-0.39, 0.29) is 12.7 Å². The van der Waals surface area contributed by atoms with Gasteiger partial charge in [0.1, 0.15) is 0 Å². The van der Waals surface area contributed by atoms with E-state index in [1.807, 2.05) is 6.92 Å². The van der Waals surface area contributed by atoms with Crippen molar-refractivity contribution in [2.75, 3.05) is 26.3 Å². The van der Waals surface area contributed by atoms with Crippen LogP contribution in [0.4, 0.5) is 0 Å². The second kappa shape index (κ2) is 3.91. The van der Waals surface area contributed by atoms with Gasteiger partial charge in [-0.1, -0.05) is 0 Å². The third kappa shape index (κ3) is 1.68. The molecule has 1 saturated heterocycles. The number of hydrogen-bond donors (Lipinski definition) is 2. The average Bonchev–Trinajstić information content (AvgIpc) is 2.36. The lowest BCUT2D eigenvalue weighted by Crippen LogP contribution is -2.25. The van der Waals surface area contributed by atoms with Gasteiger partial charge in [-0.15, -0.1) is 0 Å². The molecule has 3 heteroatoms. The lowest BCUT2D eigenvalue weighted by molar-refractivity contribution is 0.0281. The minimum Gasteiger partial charge on any atom is -0.396 e. The summed E-state index contributed by atoms with van der Waals surface area (Å²) < 4.78 is 5.38. The zero-order chi connectivity index (χ0) is 7.40. The smallest absolute Gasteiger partial charge is 0.0761 e. The fraction of sp³-hybridized carbons (Fsp3) is 1.00. The van der Waals surface area contributed by atoms with Crippen LogP contribution in [0.5, 0.6) is 0 Å². The lowest BCUT2D eigenvalue weighted by Gasteiger charge is -2.15. The van der Waals surface area contributed by atoms with E-state index < -0.39 is 0 Å². The van der Waals surface area contributed by atoms with Crippen molar-refractivity contribution < 1.29 is 9.84 Å². The molecular weight excluding hydrogens is 130 g/mol. The van der Waals surface area contributed by atoms with Crippen LogP contribution in [0.1, 0.15) is 6.92 Å². The Balaban J connectivity index is 2.27. The molecule has 1 aliphatic rings. The maximum absolute atomic E-state index is 8.84. The Morgan fingerprint density at radius 3 is 3.00 bits per heavy atom. The Morgan fingerprint density at radius 1 is 1.60 bits per heavy atom. The van der Waals surface area contributed by atoms with Gasteiger partial charge in [0.2, 0.25) is 0 Å². The summed E-state index contributed by atoms with van der Waals surface area (Å²) in [5.41, 5.74) is 0. The van der Waals surface area contributed by atoms with E-state index in [1.165, 1.54) is 0 Å². The molecule has 1 rings (SSSR count). The highest BCUT2D eigenvalue weighted by molar-refractivity contribution is 4.80. The number of hydrogen-bond acceptors (Lipinski definition) is 3.